The van der Waals surface area contributed by atoms with Gasteiger partial charge in [0.25, 0.3) is 0 Å². The van der Waals surface area contributed by atoms with Crippen LogP contribution in [0.5, 0.6) is 0 Å². The summed E-state index contributed by atoms with van der Waals surface area (Å²) < 4.78 is 34.9. The Morgan fingerprint density at radius 2 is 0.867 bits per heavy atom. The molecule has 1 fully saturated rings. The Bertz CT molecular complexity index is 1580. The first-order valence-corrected chi connectivity index (χ1v) is 14.1. The second-order valence-corrected chi connectivity index (χ2v) is 9.95. The SMILES string of the molecule is CO[C@@H]1O[C@H](COC(=O)c2ccccc2)[C@@H](OC(=O)c2ccccc2)[C@H](OC(=O)c2ccccc2)[C@H]1OC(=O)c1ccccc1. The number of hydrogen-bond acceptors (Lipinski definition) is 10. The second kappa shape index (κ2) is 14.9. The highest BCUT2D eigenvalue weighted by Gasteiger charge is 2.53. The third-order valence-corrected chi connectivity index (χ3v) is 6.97. The van der Waals surface area contributed by atoms with Gasteiger partial charge in [-0.25, -0.2) is 19.2 Å². The van der Waals surface area contributed by atoms with Gasteiger partial charge in [0.1, 0.15) is 12.7 Å². The maximum absolute atomic E-state index is 13.4. The molecule has 5 rings (SSSR count). The molecule has 4 aromatic carbocycles. The van der Waals surface area contributed by atoms with Gasteiger partial charge >= 0.3 is 23.9 Å². The van der Waals surface area contributed by atoms with Crippen LogP contribution in [0.25, 0.3) is 0 Å². The summed E-state index contributed by atoms with van der Waals surface area (Å²) in [7, 11) is 1.31. The largest absolute Gasteiger partial charge is 0.459 e. The van der Waals surface area contributed by atoms with Crippen LogP contribution in [0.4, 0.5) is 0 Å². The first-order chi connectivity index (χ1) is 21.9. The van der Waals surface area contributed by atoms with Crippen molar-refractivity contribution in [2.45, 2.75) is 30.7 Å². The number of hydrogen-bond donors (Lipinski definition) is 0. The Morgan fingerprint density at radius 3 is 1.27 bits per heavy atom. The zero-order valence-corrected chi connectivity index (χ0v) is 24.2. The molecule has 1 aliphatic rings. The van der Waals surface area contributed by atoms with Gasteiger partial charge in [0, 0.05) is 7.11 Å². The lowest BCUT2D eigenvalue weighted by atomic mass is 9.97. The van der Waals surface area contributed by atoms with Crippen LogP contribution in [0.2, 0.25) is 0 Å². The molecule has 0 radical (unpaired) electrons. The third kappa shape index (κ3) is 7.80. The van der Waals surface area contributed by atoms with Crippen LogP contribution in [0, 0.1) is 0 Å². The summed E-state index contributed by atoms with van der Waals surface area (Å²) in [5.41, 5.74) is 0.914. The van der Waals surface area contributed by atoms with E-state index in [9.17, 15) is 19.2 Å². The molecule has 45 heavy (non-hydrogen) atoms. The van der Waals surface area contributed by atoms with Crippen molar-refractivity contribution in [3.63, 3.8) is 0 Å². The van der Waals surface area contributed by atoms with E-state index in [4.69, 9.17) is 28.4 Å². The maximum atomic E-state index is 13.4. The van der Waals surface area contributed by atoms with Crippen LogP contribution in [-0.2, 0) is 28.4 Å². The number of rotatable bonds is 10. The number of benzene rings is 4. The molecular weight excluding hydrogens is 580 g/mol. The number of methoxy groups -OCH3 is 1. The lowest BCUT2D eigenvalue weighted by molar-refractivity contribution is -0.291. The van der Waals surface area contributed by atoms with E-state index in [0.717, 1.165) is 0 Å². The van der Waals surface area contributed by atoms with Crippen LogP contribution in [0.1, 0.15) is 41.4 Å². The second-order valence-electron chi connectivity index (χ2n) is 9.95. The number of carbonyl (C=O) groups is 4. The Labute approximate surface area is 259 Å². The lowest BCUT2D eigenvalue weighted by Gasteiger charge is -2.44. The van der Waals surface area contributed by atoms with Crippen molar-refractivity contribution < 1.29 is 47.6 Å². The van der Waals surface area contributed by atoms with Crippen LogP contribution < -0.4 is 0 Å². The van der Waals surface area contributed by atoms with E-state index in [0.29, 0.717) is 0 Å². The molecule has 0 aromatic heterocycles. The lowest BCUT2D eigenvalue weighted by Crippen LogP contribution is -2.63. The summed E-state index contributed by atoms with van der Waals surface area (Å²) in [5.74, 6) is -2.96. The van der Waals surface area contributed by atoms with Gasteiger partial charge in [-0.05, 0) is 48.5 Å². The molecule has 0 bridgehead atoms. The predicted octanol–water partition coefficient (Wildman–Crippen LogP) is 4.89. The molecule has 0 unspecified atom stereocenters. The van der Waals surface area contributed by atoms with Crippen molar-refractivity contribution in [3.8, 4) is 0 Å². The fourth-order valence-electron chi connectivity index (χ4n) is 4.72. The highest BCUT2D eigenvalue weighted by Crippen LogP contribution is 2.31. The molecule has 0 saturated carbocycles. The zero-order valence-electron chi connectivity index (χ0n) is 24.2. The van der Waals surface area contributed by atoms with Gasteiger partial charge in [-0.15, -0.1) is 0 Å². The number of ether oxygens (including phenoxy) is 6. The molecule has 1 saturated heterocycles. The van der Waals surface area contributed by atoms with Gasteiger partial charge in [-0.1, -0.05) is 72.8 Å². The molecule has 0 amide bonds. The predicted molar refractivity (Wildman–Crippen MR) is 159 cm³/mol. The average Bonchev–Trinajstić information content (AvgIpc) is 3.10. The molecule has 10 nitrogen and oxygen atoms in total. The minimum atomic E-state index is -1.45. The van der Waals surface area contributed by atoms with E-state index in [1.807, 2.05) is 0 Å². The van der Waals surface area contributed by atoms with E-state index < -0.39 is 61.2 Å². The summed E-state index contributed by atoms with van der Waals surface area (Å²) >= 11 is 0. The van der Waals surface area contributed by atoms with E-state index in [1.54, 1.807) is 121 Å². The van der Waals surface area contributed by atoms with Gasteiger partial charge in [-0.3, -0.25) is 0 Å². The van der Waals surface area contributed by atoms with Gasteiger partial charge in [-0.2, -0.15) is 0 Å². The fraction of sp³-hybridized carbons (Fsp3) is 0.200. The van der Waals surface area contributed by atoms with Crippen molar-refractivity contribution in [1.82, 2.24) is 0 Å². The highest BCUT2D eigenvalue weighted by atomic mass is 16.7. The van der Waals surface area contributed by atoms with Crippen LogP contribution in [0.3, 0.4) is 0 Å². The van der Waals surface area contributed by atoms with Crippen molar-refractivity contribution in [2.24, 2.45) is 0 Å². The standard InChI is InChI=1S/C35H30O10/c1-40-35-30(45-34(39)26-20-12-5-13-21-26)29(44-33(38)25-18-10-4-11-19-25)28(43-32(37)24-16-8-3-9-17-24)27(42-35)22-41-31(36)23-14-6-2-7-15-23/h2-21,27-30,35H,22H2,1H3/t27-,28-,29+,30-,35-/m1/s1. The molecule has 0 aliphatic carbocycles. The minimum absolute atomic E-state index is 0.200. The molecule has 1 aliphatic heterocycles. The first-order valence-electron chi connectivity index (χ1n) is 14.1. The monoisotopic (exact) mass is 610 g/mol. The van der Waals surface area contributed by atoms with Crippen molar-refractivity contribution in [3.05, 3.63) is 144 Å². The minimum Gasteiger partial charge on any atom is -0.459 e. The van der Waals surface area contributed by atoms with Gasteiger partial charge in [0.05, 0.1) is 22.3 Å². The topological polar surface area (TPSA) is 124 Å². The quantitative estimate of drug-likeness (QED) is 0.181. The Balaban J connectivity index is 1.50. The zero-order chi connectivity index (χ0) is 31.6. The third-order valence-electron chi connectivity index (χ3n) is 6.97. The van der Waals surface area contributed by atoms with Gasteiger partial charge in [0.2, 0.25) is 0 Å². The molecule has 230 valence electrons. The molecule has 1 heterocycles. The summed E-state index contributed by atoms with van der Waals surface area (Å²) in [6.45, 7) is -0.418. The van der Waals surface area contributed by atoms with Gasteiger partial charge < -0.3 is 28.4 Å². The van der Waals surface area contributed by atoms with Crippen LogP contribution in [0.15, 0.2) is 121 Å². The fourth-order valence-corrected chi connectivity index (χ4v) is 4.72. The molecule has 4 aromatic rings. The Hall–Kier alpha value is -5.32. The van der Waals surface area contributed by atoms with E-state index in [-0.39, 0.29) is 22.3 Å². The summed E-state index contributed by atoms with van der Waals surface area (Å²) in [5, 5.41) is 0. The average molecular weight is 611 g/mol. The molecule has 10 heteroatoms. The Morgan fingerprint density at radius 1 is 0.511 bits per heavy atom. The van der Waals surface area contributed by atoms with E-state index >= 15 is 0 Å². The maximum Gasteiger partial charge on any atom is 0.338 e. The number of carbonyl (C=O) groups excluding carboxylic acids is 4. The Kier molecular flexibility index (Phi) is 10.3. The van der Waals surface area contributed by atoms with Crippen molar-refractivity contribution in [1.29, 1.82) is 0 Å². The van der Waals surface area contributed by atoms with E-state index in [1.165, 1.54) is 7.11 Å². The summed E-state index contributed by atoms with van der Waals surface area (Å²) in [6, 6.07) is 32.7. The van der Waals surface area contributed by atoms with Crippen LogP contribution in [-0.4, -0.2) is 68.3 Å². The molecule has 5 atom stereocenters. The summed E-state index contributed by atoms with van der Waals surface area (Å²) in [6.07, 6.45) is -6.76. The van der Waals surface area contributed by atoms with Gasteiger partial charge in [0.15, 0.2) is 24.6 Å². The first kappa shape index (κ1) is 31.1. The van der Waals surface area contributed by atoms with E-state index in [2.05, 4.69) is 0 Å². The summed E-state index contributed by atoms with van der Waals surface area (Å²) in [4.78, 5) is 52.8. The smallest absolute Gasteiger partial charge is 0.338 e. The normalized spacial score (nSPS) is 20.8. The number of esters is 4. The van der Waals surface area contributed by atoms with Crippen molar-refractivity contribution in [2.75, 3.05) is 13.7 Å². The van der Waals surface area contributed by atoms with Crippen molar-refractivity contribution >= 4 is 23.9 Å². The molecular formula is C35H30O10. The highest BCUT2D eigenvalue weighted by molar-refractivity contribution is 5.91. The molecule has 0 spiro atoms. The van der Waals surface area contributed by atoms with Crippen LogP contribution >= 0.6 is 0 Å². The molecule has 0 N–H and O–H groups in total.